The molecule has 0 saturated carbocycles. The molecule has 0 saturated heterocycles. The first-order chi connectivity index (χ1) is 14.2. The summed E-state index contributed by atoms with van der Waals surface area (Å²) >= 11 is 0. The van der Waals surface area contributed by atoms with E-state index in [2.05, 4.69) is 9.97 Å². The molecule has 150 valence electrons. The number of hydrogen-bond acceptors (Lipinski definition) is 7. The number of anilines is 1. The van der Waals surface area contributed by atoms with Crippen LogP contribution in [0.25, 0.3) is 0 Å². The number of aldehydes is 1. The van der Waals surface area contributed by atoms with Gasteiger partial charge >= 0.3 is 0 Å². The smallest absolute Gasteiger partial charge is 0.228 e. The summed E-state index contributed by atoms with van der Waals surface area (Å²) in [6, 6.07) is 16.1. The van der Waals surface area contributed by atoms with Crippen molar-refractivity contribution < 1.29 is 19.0 Å². The second-order valence-corrected chi connectivity index (χ2v) is 6.16. The summed E-state index contributed by atoms with van der Waals surface area (Å²) < 4.78 is 16.9. The van der Waals surface area contributed by atoms with Gasteiger partial charge in [-0.15, -0.1) is 0 Å². The van der Waals surface area contributed by atoms with E-state index in [0.29, 0.717) is 48.6 Å². The maximum Gasteiger partial charge on any atom is 0.228 e. The fourth-order valence-corrected chi connectivity index (χ4v) is 2.51. The summed E-state index contributed by atoms with van der Waals surface area (Å²) in [6.45, 7) is 3.60. The number of carbonyl (C=O) groups excluding carboxylic acids is 1. The average molecular weight is 393 g/mol. The predicted molar refractivity (Wildman–Crippen MR) is 110 cm³/mol. The number of likely N-dealkylation sites (N-methyl/N-ethyl adjacent to an activating group) is 1. The molecule has 0 bridgehead atoms. The molecule has 0 spiro atoms. The van der Waals surface area contributed by atoms with E-state index in [1.54, 1.807) is 36.5 Å². The van der Waals surface area contributed by atoms with Crippen LogP contribution in [0.4, 0.5) is 5.95 Å². The highest BCUT2D eigenvalue weighted by Gasteiger charge is 2.07. The molecular weight excluding hydrogens is 370 g/mol. The largest absolute Gasteiger partial charge is 0.494 e. The van der Waals surface area contributed by atoms with Crippen LogP contribution < -0.4 is 19.1 Å². The molecule has 7 heteroatoms. The molecule has 0 aliphatic rings. The van der Waals surface area contributed by atoms with E-state index in [-0.39, 0.29) is 0 Å². The van der Waals surface area contributed by atoms with E-state index < -0.39 is 0 Å². The lowest BCUT2D eigenvalue weighted by atomic mass is 10.2. The Morgan fingerprint density at radius 3 is 2.28 bits per heavy atom. The normalized spacial score (nSPS) is 10.3. The van der Waals surface area contributed by atoms with Crippen LogP contribution in [-0.4, -0.2) is 43.1 Å². The highest BCUT2D eigenvalue weighted by molar-refractivity contribution is 5.74. The SMILES string of the molecule is CCOc1ccc(Oc2ccnc(N(C)CCOc3ccc(C=O)cc3)n2)cc1. The Morgan fingerprint density at radius 2 is 1.59 bits per heavy atom. The summed E-state index contributed by atoms with van der Waals surface area (Å²) in [7, 11) is 1.88. The molecular formula is C22H23N3O4. The van der Waals surface area contributed by atoms with Crippen molar-refractivity contribution in [3.63, 3.8) is 0 Å². The quantitative estimate of drug-likeness (QED) is 0.482. The summed E-state index contributed by atoms with van der Waals surface area (Å²) in [5.41, 5.74) is 0.618. The molecule has 29 heavy (non-hydrogen) atoms. The van der Waals surface area contributed by atoms with Crippen LogP contribution in [0.5, 0.6) is 23.1 Å². The number of hydrogen-bond donors (Lipinski definition) is 0. The predicted octanol–water partition coefficient (Wildman–Crippen LogP) is 4.00. The van der Waals surface area contributed by atoms with Gasteiger partial charge in [0.15, 0.2) is 0 Å². The van der Waals surface area contributed by atoms with Gasteiger partial charge < -0.3 is 19.1 Å². The molecule has 0 unspecified atom stereocenters. The van der Waals surface area contributed by atoms with Gasteiger partial charge in [0.1, 0.15) is 30.1 Å². The van der Waals surface area contributed by atoms with Crippen LogP contribution in [0.15, 0.2) is 60.8 Å². The number of benzene rings is 2. The molecule has 1 heterocycles. The Labute approximate surface area is 169 Å². The molecule has 0 fully saturated rings. The summed E-state index contributed by atoms with van der Waals surface area (Å²) in [5.74, 6) is 3.16. The van der Waals surface area contributed by atoms with E-state index in [0.717, 1.165) is 12.0 Å². The maximum atomic E-state index is 10.7. The molecule has 0 atom stereocenters. The average Bonchev–Trinajstić information content (AvgIpc) is 2.76. The molecule has 0 aliphatic heterocycles. The molecule has 7 nitrogen and oxygen atoms in total. The van der Waals surface area contributed by atoms with Crippen molar-refractivity contribution in [2.45, 2.75) is 6.92 Å². The van der Waals surface area contributed by atoms with Crippen molar-refractivity contribution in [1.29, 1.82) is 0 Å². The minimum Gasteiger partial charge on any atom is -0.494 e. The molecule has 2 aromatic carbocycles. The topological polar surface area (TPSA) is 73.8 Å². The highest BCUT2D eigenvalue weighted by Crippen LogP contribution is 2.23. The van der Waals surface area contributed by atoms with Crippen LogP contribution in [0, 0.1) is 0 Å². The van der Waals surface area contributed by atoms with E-state index in [9.17, 15) is 4.79 Å². The summed E-state index contributed by atoms with van der Waals surface area (Å²) in [5, 5.41) is 0. The van der Waals surface area contributed by atoms with Crippen molar-refractivity contribution in [1.82, 2.24) is 9.97 Å². The first-order valence-electron chi connectivity index (χ1n) is 9.31. The van der Waals surface area contributed by atoms with E-state index in [4.69, 9.17) is 14.2 Å². The van der Waals surface area contributed by atoms with Crippen molar-refractivity contribution in [3.05, 3.63) is 66.4 Å². The maximum absolute atomic E-state index is 10.7. The Bertz CT molecular complexity index is 914. The molecule has 0 radical (unpaired) electrons. The molecule has 0 aliphatic carbocycles. The van der Waals surface area contributed by atoms with Crippen molar-refractivity contribution >= 4 is 12.2 Å². The summed E-state index contributed by atoms with van der Waals surface area (Å²) in [4.78, 5) is 21.3. The molecule has 0 N–H and O–H groups in total. The van der Waals surface area contributed by atoms with Crippen molar-refractivity contribution in [3.8, 4) is 23.1 Å². The van der Waals surface area contributed by atoms with Gasteiger partial charge in [0.2, 0.25) is 11.8 Å². The van der Waals surface area contributed by atoms with Gasteiger partial charge in [-0.2, -0.15) is 4.98 Å². The minimum absolute atomic E-state index is 0.449. The lowest BCUT2D eigenvalue weighted by Crippen LogP contribution is -2.25. The zero-order valence-corrected chi connectivity index (χ0v) is 16.4. The number of ether oxygens (including phenoxy) is 3. The van der Waals surface area contributed by atoms with Crippen molar-refractivity contribution in [2.24, 2.45) is 0 Å². The van der Waals surface area contributed by atoms with Crippen LogP contribution in [0.3, 0.4) is 0 Å². The first kappa shape index (κ1) is 20.1. The zero-order valence-electron chi connectivity index (χ0n) is 16.4. The van der Waals surface area contributed by atoms with Gasteiger partial charge in [0, 0.05) is 24.9 Å². The fraction of sp³-hybridized carbons (Fsp3) is 0.227. The van der Waals surface area contributed by atoms with Gasteiger partial charge in [0.25, 0.3) is 0 Å². The second-order valence-electron chi connectivity index (χ2n) is 6.16. The van der Waals surface area contributed by atoms with Gasteiger partial charge in [-0.3, -0.25) is 4.79 Å². The molecule has 0 amide bonds. The minimum atomic E-state index is 0.449. The third kappa shape index (κ3) is 5.93. The number of rotatable bonds is 10. The first-order valence-corrected chi connectivity index (χ1v) is 9.31. The second kappa shape index (κ2) is 10.1. The van der Waals surface area contributed by atoms with E-state index in [1.165, 1.54) is 0 Å². The lowest BCUT2D eigenvalue weighted by molar-refractivity contribution is 0.112. The van der Waals surface area contributed by atoms with Gasteiger partial charge in [-0.05, 0) is 55.5 Å². The van der Waals surface area contributed by atoms with Crippen LogP contribution in [-0.2, 0) is 0 Å². The van der Waals surface area contributed by atoms with Crippen LogP contribution in [0.1, 0.15) is 17.3 Å². The number of aromatic nitrogens is 2. The Kier molecular flexibility index (Phi) is 7.00. The van der Waals surface area contributed by atoms with Crippen LogP contribution in [0.2, 0.25) is 0 Å². The Balaban J connectivity index is 1.54. The zero-order chi connectivity index (χ0) is 20.5. The van der Waals surface area contributed by atoms with E-state index >= 15 is 0 Å². The third-order valence-electron chi connectivity index (χ3n) is 4.03. The molecule has 3 aromatic rings. The fourth-order valence-electron chi connectivity index (χ4n) is 2.51. The Morgan fingerprint density at radius 1 is 0.931 bits per heavy atom. The standard InChI is InChI=1S/C22H23N3O4/c1-3-27-18-8-10-20(11-9-18)29-21-12-13-23-22(24-21)25(2)14-15-28-19-6-4-17(16-26)5-7-19/h4-13,16H,3,14-15H2,1-2H3. The molecule has 3 rings (SSSR count). The highest BCUT2D eigenvalue weighted by atomic mass is 16.5. The van der Waals surface area contributed by atoms with Crippen LogP contribution >= 0.6 is 0 Å². The van der Waals surface area contributed by atoms with Gasteiger partial charge in [0.05, 0.1) is 13.2 Å². The summed E-state index contributed by atoms with van der Waals surface area (Å²) in [6.07, 6.45) is 2.46. The molecule has 1 aromatic heterocycles. The lowest BCUT2D eigenvalue weighted by Gasteiger charge is -2.17. The third-order valence-corrected chi connectivity index (χ3v) is 4.03. The van der Waals surface area contributed by atoms with Gasteiger partial charge in [-0.25, -0.2) is 4.98 Å². The monoisotopic (exact) mass is 393 g/mol. The Hall–Kier alpha value is -3.61. The van der Waals surface area contributed by atoms with Crippen molar-refractivity contribution in [2.75, 3.05) is 31.7 Å². The van der Waals surface area contributed by atoms with Gasteiger partial charge in [-0.1, -0.05) is 0 Å². The number of carbonyl (C=O) groups is 1. The van der Waals surface area contributed by atoms with E-state index in [1.807, 2.05) is 43.1 Å². The number of nitrogens with zero attached hydrogens (tertiary/aromatic N) is 3.